The van der Waals surface area contributed by atoms with Crippen molar-refractivity contribution in [1.29, 1.82) is 0 Å². The van der Waals surface area contributed by atoms with Crippen LogP contribution in [0.5, 0.6) is 0 Å². The van der Waals surface area contributed by atoms with E-state index in [9.17, 15) is 0 Å². The van der Waals surface area contributed by atoms with Crippen molar-refractivity contribution < 1.29 is 0 Å². The molecule has 0 aromatic heterocycles. The molecule has 3 heteroatoms. The van der Waals surface area contributed by atoms with Gasteiger partial charge in [0.15, 0.2) is 0 Å². The van der Waals surface area contributed by atoms with Crippen LogP contribution in [0.25, 0.3) is 0 Å². The maximum Gasteiger partial charge on any atom is 0.0233 e. The van der Waals surface area contributed by atoms with E-state index in [1.165, 1.54) is 31.5 Å². The topological polar surface area (TPSA) is 29.3 Å². The minimum atomic E-state index is 0.454. The molecule has 0 spiro atoms. The highest BCUT2D eigenvalue weighted by molar-refractivity contribution is 9.10. The SMILES string of the molecule is NC1CCC2CN(Cc3ccc(Br)cc3)CC12. The molecule has 1 aromatic carbocycles. The predicted molar refractivity (Wildman–Crippen MR) is 73.6 cm³/mol. The molecule has 1 saturated heterocycles. The van der Waals surface area contributed by atoms with Crippen LogP contribution < -0.4 is 5.73 Å². The molecule has 1 heterocycles. The third-order valence-electron chi connectivity index (χ3n) is 4.31. The van der Waals surface area contributed by atoms with E-state index < -0.39 is 0 Å². The van der Waals surface area contributed by atoms with Crippen molar-refractivity contribution in [2.45, 2.75) is 25.4 Å². The first-order chi connectivity index (χ1) is 8.22. The number of fused-ring (bicyclic) bond motifs is 1. The molecule has 3 atom stereocenters. The average Bonchev–Trinajstić information content (AvgIpc) is 2.85. The molecule has 1 aliphatic heterocycles. The Labute approximate surface area is 111 Å². The molecule has 0 bridgehead atoms. The molecule has 0 amide bonds. The van der Waals surface area contributed by atoms with Crippen LogP contribution in [0.3, 0.4) is 0 Å². The quantitative estimate of drug-likeness (QED) is 0.909. The Morgan fingerprint density at radius 1 is 1.18 bits per heavy atom. The van der Waals surface area contributed by atoms with Gasteiger partial charge in [-0.3, -0.25) is 4.90 Å². The Hall–Kier alpha value is -0.380. The zero-order valence-corrected chi connectivity index (χ0v) is 11.6. The fraction of sp³-hybridized carbons (Fsp3) is 0.571. The third-order valence-corrected chi connectivity index (χ3v) is 4.84. The first kappa shape index (κ1) is 11.7. The van der Waals surface area contributed by atoms with Crippen molar-refractivity contribution >= 4 is 15.9 Å². The molecule has 3 rings (SSSR count). The number of hydrogen-bond donors (Lipinski definition) is 1. The summed E-state index contributed by atoms with van der Waals surface area (Å²) in [6.07, 6.45) is 2.57. The maximum atomic E-state index is 6.16. The Balaban J connectivity index is 1.62. The summed E-state index contributed by atoms with van der Waals surface area (Å²) >= 11 is 3.48. The average molecular weight is 295 g/mol. The van der Waals surface area contributed by atoms with Crippen molar-refractivity contribution in [2.75, 3.05) is 13.1 Å². The fourth-order valence-corrected chi connectivity index (χ4v) is 3.64. The lowest BCUT2D eigenvalue weighted by Gasteiger charge is -2.18. The smallest absolute Gasteiger partial charge is 0.0233 e. The lowest BCUT2D eigenvalue weighted by Crippen LogP contribution is -2.30. The zero-order chi connectivity index (χ0) is 11.8. The van der Waals surface area contributed by atoms with Crippen molar-refractivity contribution in [3.8, 4) is 0 Å². The normalized spacial score (nSPS) is 32.9. The number of likely N-dealkylation sites (tertiary alicyclic amines) is 1. The van der Waals surface area contributed by atoms with E-state index in [4.69, 9.17) is 5.73 Å². The van der Waals surface area contributed by atoms with E-state index in [1.807, 2.05) is 0 Å². The molecule has 2 nitrogen and oxygen atoms in total. The Kier molecular flexibility index (Phi) is 3.24. The second-order valence-corrected chi connectivity index (χ2v) is 6.40. The van der Waals surface area contributed by atoms with E-state index in [-0.39, 0.29) is 0 Å². The molecular formula is C14H19BrN2. The minimum absolute atomic E-state index is 0.454. The van der Waals surface area contributed by atoms with Gasteiger partial charge < -0.3 is 5.73 Å². The highest BCUT2D eigenvalue weighted by Gasteiger charge is 2.40. The summed E-state index contributed by atoms with van der Waals surface area (Å²) in [7, 11) is 0. The molecule has 1 saturated carbocycles. The molecule has 3 unspecified atom stereocenters. The summed E-state index contributed by atoms with van der Waals surface area (Å²) in [5.41, 5.74) is 7.57. The molecule has 0 radical (unpaired) electrons. The number of nitrogens with two attached hydrogens (primary N) is 1. The van der Waals surface area contributed by atoms with Gasteiger partial charge in [0, 0.05) is 30.1 Å². The highest BCUT2D eigenvalue weighted by atomic mass is 79.9. The lowest BCUT2D eigenvalue weighted by molar-refractivity contribution is 0.298. The molecule has 2 aliphatic rings. The van der Waals surface area contributed by atoms with Gasteiger partial charge >= 0.3 is 0 Å². The van der Waals surface area contributed by atoms with Gasteiger partial charge in [0.05, 0.1) is 0 Å². The van der Waals surface area contributed by atoms with Crippen LogP contribution in [-0.2, 0) is 6.54 Å². The second kappa shape index (κ2) is 4.71. The van der Waals surface area contributed by atoms with Crippen LogP contribution in [0.2, 0.25) is 0 Å². The zero-order valence-electron chi connectivity index (χ0n) is 9.98. The van der Waals surface area contributed by atoms with Gasteiger partial charge in [0.2, 0.25) is 0 Å². The standard InChI is InChI=1S/C14H19BrN2/c15-12-4-1-10(2-5-12)7-17-8-11-3-6-14(16)13(11)9-17/h1-2,4-5,11,13-14H,3,6-9,16H2. The first-order valence-corrected chi connectivity index (χ1v) is 7.24. The van der Waals surface area contributed by atoms with Gasteiger partial charge in [-0.05, 0) is 42.4 Å². The van der Waals surface area contributed by atoms with Gasteiger partial charge in [-0.1, -0.05) is 28.1 Å². The predicted octanol–water partition coefficient (Wildman–Crippen LogP) is 2.62. The molecule has 2 N–H and O–H groups in total. The summed E-state index contributed by atoms with van der Waals surface area (Å²) in [6.45, 7) is 3.52. The van der Waals surface area contributed by atoms with Gasteiger partial charge in [-0.15, -0.1) is 0 Å². The number of rotatable bonds is 2. The van der Waals surface area contributed by atoms with Gasteiger partial charge in [0.25, 0.3) is 0 Å². The highest BCUT2D eigenvalue weighted by Crippen LogP contribution is 2.37. The van der Waals surface area contributed by atoms with Crippen LogP contribution in [0, 0.1) is 11.8 Å². The molecular weight excluding hydrogens is 276 g/mol. The molecule has 17 heavy (non-hydrogen) atoms. The van der Waals surface area contributed by atoms with Crippen LogP contribution in [0.4, 0.5) is 0 Å². The summed E-state index contributed by atoms with van der Waals surface area (Å²) in [5, 5.41) is 0. The summed E-state index contributed by atoms with van der Waals surface area (Å²) < 4.78 is 1.15. The molecule has 2 fully saturated rings. The van der Waals surface area contributed by atoms with Gasteiger partial charge in [-0.2, -0.15) is 0 Å². The fourth-order valence-electron chi connectivity index (χ4n) is 3.38. The lowest BCUT2D eigenvalue weighted by atomic mass is 9.98. The van der Waals surface area contributed by atoms with Crippen molar-refractivity contribution in [3.63, 3.8) is 0 Å². The summed E-state index contributed by atoms with van der Waals surface area (Å²) in [6, 6.07) is 9.11. The minimum Gasteiger partial charge on any atom is -0.327 e. The number of nitrogens with zero attached hydrogens (tertiary/aromatic N) is 1. The third kappa shape index (κ3) is 2.42. The van der Waals surface area contributed by atoms with E-state index >= 15 is 0 Å². The van der Waals surface area contributed by atoms with E-state index in [0.717, 1.165) is 22.9 Å². The van der Waals surface area contributed by atoms with Crippen LogP contribution in [0.1, 0.15) is 18.4 Å². The Morgan fingerprint density at radius 3 is 2.65 bits per heavy atom. The first-order valence-electron chi connectivity index (χ1n) is 6.45. The van der Waals surface area contributed by atoms with E-state index in [2.05, 4.69) is 45.1 Å². The summed E-state index contributed by atoms with van der Waals surface area (Å²) in [5.74, 6) is 1.62. The molecule has 1 aliphatic carbocycles. The molecule has 1 aromatic rings. The van der Waals surface area contributed by atoms with Crippen molar-refractivity contribution in [3.05, 3.63) is 34.3 Å². The maximum absolute atomic E-state index is 6.16. The van der Waals surface area contributed by atoms with Crippen molar-refractivity contribution in [1.82, 2.24) is 4.90 Å². The van der Waals surface area contributed by atoms with Crippen LogP contribution in [0.15, 0.2) is 28.7 Å². The van der Waals surface area contributed by atoms with E-state index in [0.29, 0.717) is 6.04 Å². The second-order valence-electron chi connectivity index (χ2n) is 5.49. The van der Waals surface area contributed by atoms with Crippen LogP contribution in [-0.4, -0.2) is 24.0 Å². The van der Waals surface area contributed by atoms with Gasteiger partial charge in [0.1, 0.15) is 0 Å². The monoisotopic (exact) mass is 294 g/mol. The van der Waals surface area contributed by atoms with Crippen LogP contribution >= 0.6 is 15.9 Å². The summed E-state index contributed by atoms with van der Waals surface area (Å²) in [4.78, 5) is 2.57. The Bertz CT molecular complexity index is 390. The number of halogens is 1. The van der Waals surface area contributed by atoms with E-state index in [1.54, 1.807) is 0 Å². The van der Waals surface area contributed by atoms with Crippen molar-refractivity contribution in [2.24, 2.45) is 17.6 Å². The number of hydrogen-bond acceptors (Lipinski definition) is 2. The van der Waals surface area contributed by atoms with Gasteiger partial charge in [-0.25, -0.2) is 0 Å². The molecule has 92 valence electrons. The number of benzene rings is 1. The largest absolute Gasteiger partial charge is 0.327 e. The Morgan fingerprint density at radius 2 is 1.94 bits per heavy atom.